The van der Waals surface area contributed by atoms with Crippen molar-refractivity contribution in [3.8, 4) is 0 Å². The Balaban J connectivity index is 2.47. The zero-order chi connectivity index (χ0) is 11.2. The molecular formula is C14H20W. The number of allylic oxidation sites excluding steroid dienone is 4. The fourth-order valence-corrected chi connectivity index (χ4v) is 5.05. The van der Waals surface area contributed by atoms with Crippen LogP contribution in [0.4, 0.5) is 0 Å². The summed E-state index contributed by atoms with van der Waals surface area (Å²) in [5.74, 6) is 1.66. The van der Waals surface area contributed by atoms with Gasteiger partial charge in [0.05, 0.1) is 0 Å². The van der Waals surface area contributed by atoms with Crippen LogP contribution in [0.15, 0.2) is 22.3 Å². The summed E-state index contributed by atoms with van der Waals surface area (Å²) in [5, 5.41) is 0. The molecule has 0 radical (unpaired) electrons. The second kappa shape index (κ2) is 4.13. The molecule has 0 amide bonds. The molecule has 0 spiro atoms. The van der Waals surface area contributed by atoms with E-state index in [1.807, 2.05) is 0 Å². The molecule has 0 aromatic heterocycles. The Labute approximate surface area is 104 Å². The monoisotopic (exact) mass is 372 g/mol. The van der Waals surface area contributed by atoms with Crippen molar-refractivity contribution in [1.29, 1.82) is 0 Å². The first-order valence-corrected chi connectivity index (χ1v) is 7.40. The van der Waals surface area contributed by atoms with Crippen molar-refractivity contribution in [2.24, 2.45) is 11.8 Å². The molecular weight excluding hydrogens is 352 g/mol. The fraction of sp³-hybridized carbons (Fsp3) is 0.643. The number of hydrogen-bond donors (Lipinski definition) is 0. The molecule has 0 aliphatic heterocycles. The molecule has 0 aromatic rings. The third kappa shape index (κ3) is 1.98. The van der Waals surface area contributed by atoms with Crippen LogP contribution in [0.5, 0.6) is 0 Å². The third-order valence-corrected chi connectivity index (χ3v) is 5.35. The predicted molar refractivity (Wildman–Crippen MR) is 62.6 cm³/mol. The summed E-state index contributed by atoms with van der Waals surface area (Å²) in [6.07, 6.45) is 4.01. The predicted octanol–water partition coefficient (Wildman–Crippen LogP) is 3.81. The van der Waals surface area contributed by atoms with Crippen LogP contribution in [-0.2, 0) is 19.4 Å². The van der Waals surface area contributed by atoms with E-state index in [9.17, 15) is 0 Å². The molecule has 2 aliphatic rings. The molecule has 0 saturated heterocycles. The summed E-state index contributed by atoms with van der Waals surface area (Å²) in [6, 6.07) is 0. The maximum absolute atomic E-state index is 2.40. The van der Waals surface area contributed by atoms with Gasteiger partial charge in [-0.2, -0.15) is 0 Å². The van der Waals surface area contributed by atoms with Gasteiger partial charge in [0.15, 0.2) is 0 Å². The summed E-state index contributed by atoms with van der Waals surface area (Å²) in [4.78, 5) is 0. The van der Waals surface area contributed by atoms with Crippen LogP contribution in [-0.4, -0.2) is 3.90 Å². The van der Waals surface area contributed by atoms with Gasteiger partial charge in [-0.15, -0.1) is 0 Å². The maximum atomic E-state index is 2.40. The van der Waals surface area contributed by atoms with Gasteiger partial charge < -0.3 is 0 Å². The van der Waals surface area contributed by atoms with Crippen molar-refractivity contribution in [1.82, 2.24) is 0 Å². The van der Waals surface area contributed by atoms with Crippen molar-refractivity contribution >= 4 is 3.90 Å². The SMILES string of the molecule is CC1=C(C)C(C)CC2=C1[C](=[W])CC(C)C2. The molecule has 1 heteroatoms. The molecule has 0 fully saturated rings. The summed E-state index contributed by atoms with van der Waals surface area (Å²) in [5.41, 5.74) is 6.66. The summed E-state index contributed by atoms with van der Waals surface area (Å²) in [7, 11) is 0. The van der Waals surface area contributed by atoms with Gasteiger partial charge in [0.25, 0.3) is 0 Å². The molecule has 0 N–H and O–H groups in total. The summed E-state index contributed by atoms with van der Waals surface area (Å²) >= 11 is 1.69. The topological polar surface area (TPSA) is 0 Å². The zero-order valence-corrected chi connectivity index (χ0v) is 13.1. The van der Waals surface area contributed by atoms with E-state index < -0.39 is 0 Å². The van der Waals surface area contributed by atoms with Crippen LogP contribution in [0.1, 0.15) is 47.0 Å². The van der Waals surface area contributed by atoms with Crippen molar-refractivity contribution < 1.29 is 19.4 Å². The van der Waals surface area contributed by atoms with E-state index in [1.54, 1.807) is 45.5 Å². The van der Waals surface area contributed by atoms with Gasteiger partial charge in [0.1, 0.15) is 0 Å². The van der Waals surface area contributed by atoms with Crippen molar-refractivity contribution in [3.63, 3.8) is 0 Å². The Bertz CT molecular complexity index is 371. The van der Waals surface area contributed by atoms with Crippen molar-refractivity contribution in [2.45, 2.75) is 47.0 Å². The molecule has 0 heterocycles. The van der Waals surface area contributed by atoms with E-state index in [4.69, 9.17) is 0 Å². The van der Waals surface area contributed by atoms with Crippen LogP contribution in [0, 0.1) is 11.8 Å². The van der Waals surface area contributed by atoms with Gasteiger partial charge in [0, 0.05) is 0 Å². The first-order chi connectivity index (χ1) is 7.00. The normalized spacial score (nSPS) is 32.1. The van der Waals surface area contributed by atoms with Crippen molar-refractivity contribution in [2.75, 3.05) is 0 Å². The van der Waals surface area contributed by atoms with Gasteiger partial charge >= 0.3 is 104 Å². The minimum atomic E-state index is 0.775. The molecule has 15 heavy (non-hydrogen) atoms. The first-order valence-electron chi connectivity index (χ1n) is 5.93. The standard InChI is InChI=1S/C14H20.W/c1-9-5-6-14-12(4)11(3)10(2)8-13(14)7-9;/h9-10H,5,7-8H2,1-4H3;. The van der Waals surface area contributed by atoms with Gasteiger partial charge in [0.2, 0.25) is 0 Å². The molecule has 0 saturated carbocycles. The Hall–Kier alpha value is 0.0383. The van der Waals surface area contributed by atoms with Crippen LogP contribution in [0.25, 0.3) is 0 Å². The van der Waals surface area contributed by atoms with Gasteiger partial charge in [-0.1, -0.05) is 0 Å². The molecule has 82 valence electrons. The van der Waals surface area contributed by atoms with E-state index in [-0.39, 0.29) is 0 Å². The zero-order valence-electron chi connectivity index (χ0n) is 10.2. The van der Waals surface area contributed by atoms with Gasteiger partial charge in [-0.25, -0.2) is 0 Å². The second-order valence-corrected chi connectivity index (χ2v) is 7.10. The van der Waals surface area contributed by atoms with Crippen LogP contribution >= 0.6 is 0 Å². The average molecular weight is 372 g/mol. The van der Waals surface area contributed by atoms with Crippen LogP contribution < -0.4 is 0 Å². The summed E-state index contributed by atoms with van der Waals surface area (Å²) < 4.78 is 1.72. The number of rotatable bonds is 0. The third-order valence-electron chi connectivity index (χ3n) is 4.02. The van der Waals surface area contributed by atoms with Gasteiger partial charge in [-0.05, 0) is 0 Å². The molecule has 0 aromatic carbocycles. The average Bonchev–Trinajstić information content (AvgIpc) is 2.13. The Morgan fingerprint density at radius 3 is 2.40 bits per heavy atom. The molecule has 0 nitrogen and oxygen atoms in total. The number of hydrogen-bond acceptors (Lipinski definition) is 0. The summed E-state index contributed by atoms with van der Waals surface area (Å²) in [6.45, 7) is 9.44. The van der Waals surface area contributed by atoms with Crippen LogP contribution in [0.2, 0.25) is 0 Å². The van der Waals surface area contributed by atoms with E-state index in [1.165, 1.54) is 19.3 Å². The van der Waals surface area contributed by atoms with Crippen molar-refractivity contribution in [3.05, 3.63) is 22.3 Å². The van der Waals surface area contributed by atoms with E-state index >= 15 is 0 Å². The van der Waals surface area contributed by atoms with E-state index in [0.717, 1.165) is 11.8 Å². The Morgan fingerprint density at radius 1 is 1.07 bits per heavy atom. The Morgan fingerprint density at radius 2 is 1.73 bits per heavy atom. The van der Waals surface area contributed by atoms with E-state index in [2.05, 4.69) is 27.7 Å². The minimum absolute atomic E-state index is 0.775. The first kappa shape index (κ1) is 11.5. The fourth-order valence-electron chi connectivity index (χ4n) is 2.96. The van der Waals surface area contributed by atoms with E-state index in [0.29, 0.717) is 0 Å². The second-order valence-electron chi connectivity index (χ2n) is 5.33. The molecule has 2 unspecified atom stereocenters. The molecule has 2 aliphatic carbocycles. The van der Waals surface area contributed by atoms with Gasteiger partial charge in [-0.3, -0.25) is 0 Å². The quantitative estimate of drug-likeness (QED) is 0.607. The Kier molecular flexibility index (Phi) is 3.17. The molecule has 2 atom stereocenters. The van der Waals surface area contributed by atoms with Crippen LogP contribution in [0.3, 0.4) is 0 Å². The molecule has 2 rings (SSSR count). The molecule has 0 bridgehead atoms.